The van der Waals surface area contributed by atoms with Crippen molar-refractivity contribution in [1.29, 1.82) is 0 Å². The Bertz CT molecular complexity index is 807. The van der Waals surface area contributed by atoms with Gasteiger partial charge in [-0.1, -0.05) is 68.5 Å². The molecule has 0 bridgehead atoms. The smallest absolute Gasteiger partial charge is 0.143 e. The van der Waals surface area contributed by atoms with Crippen LogP contribution in [0.25, 0.3) is 11.6 Å². The molecule has 1 heteroatoms. The third kappa shape index (κ3) is 2.84. The van der Waals surface area contributed by atoms with Crippen molar-refractivity contribution in [3.05, 3.63) is 70.8 Å². The van der Waals surface area contributed by atoms with Gasteiger partial charge in [-0.3, -0.25) is 4.79 Å². The quantitative estimate of drug-likeness (QED) is 0.642. The zero-order valence-electron chi connectivity index (χ0n) is 15.3. The molecule has 0 radical (unpaired) electrons. The summed E-state index contributed by atoms with van der Waals surface area (Å²) in [6, 6.07) is 17.0. The van der Waals surface area contributed by atoms with Crippen molar-refractivity contribution in [3.63, 3.8) is 0 Å². The molecule has 0 spiro atoms. The van der Waals surface area contributed by atoms with Gasteiger partial charge in [0.15, 0.2) is 0 Å². The second kappa shape index (κ2) is 5.73. The highest BCUT2D eigenvalue weighted by atomic mass is 16.1. The van der Waals surface area contributed by atoms with Gasteiger partial charge in [-0.2, -0.15) is 0 Å². The number of hydrogen-bond donors (Lipinski definition) is 0. The maximum absolute atomic E-state index is 12.7. The Morgan fingerprint density at radius 1 is 0.958 bits per heavy atom. The van der Waals surface area contributed by atoms with Crippen LogP contribution in [0.3, 0.4) is 0 Å². The van der Waals surface area contributed by atoms with E-state index in [0.29, 0.717) is 12.2 Å². The van der Waals surface area contributed by atoms with Gasteiger partial charge in [0.25, 0.3) is 0 Å². The summed E-state index contributed by atoms with van der Waals surface area (Å²) >= 11 is 0. The van der Waals surface area contributed by atoms with Crippen LogP contribution in [0.15, 0.2) is 48.5 Å². The highest BCUT2D eigenvalue weighted by molar-refractivity contribution is 5.93. The molecule has 0 heterocycles. The number of rotatable bonds is 2. The highest BCUT2D eigenvalue weighted by Crippen LogP contribution is 2.44. The Hall–Kier alpha value is -2.15. The summed E-state index contributed by atoms with van der Waals surface area (Å²) < 4.78 is 0. The van der Waals surface area contributed by atoms with Crippen LogP contribution in [-0.2, 0) is 15.6 Å². The zero-order chi connectivity index (χ0) is 17.5. The third-order valence-corrected chi connectivity index (χ3v) is 5.36. The van der Waals surface area contributed by atoms with Gasteiger partial charge in [-0.25, -0.2) is 0 Å². The van der Waals surface area contributed by atoms with Gasteiger partial charge < -0.3 is 0 Å². The number of Topliss-reactive ketones (excluding diaryl/α,β-unsaturated/α-hetero) is 1. The van der Waals surface area contributed by atoms with Crippen molar-refractivity contribution in [2.75, 3.05) is 0 Å². The number of benzene rings is 2. The number of ketones is 1. The van der Waals surface area contributed by atoms with Crippen LogP contribution in [-0.4, -0.2) is 5.78 Å². The van der Waals surface area contributed by atoms with Crippen molar-refractivity contribution in [2.45, 2.75) is 51.9 Å². The molecule has 0 saturated carbocycles. The molecule has 0 saturated heterocycles. The van der Waals surface area contributed by atoms with Gasteiger partial charge in [0.1, 0.15) is 5.78 Å². The van der Waals surface area contributed by atoms with E-state index in [0.717, 1.165) is 0 Å². The van der Waals surface area contributed by atoms with E-state index in [1.54, 1.807) is 0 Å². The van der Waals surface area contributed by atoms with Crippen LogP contribution in [0.2, 0.25) is 0 Å². The molecule has 0 fully saturated rings. The SMILES string of the molecule is C/C(=C\c1ccccc1)c1ccc2c(c1)C(C)(C)C(=O)CC2(C)C. The van der Waals surface area contributed by atoms with E-state index in [1.165, 1.54) is 27.8 Å². The normalized spacial score (nSPS) is 19.0. The van der Waals surface area contributed by atoms with Gasteiger partial charge >= 0.3 is 0 Å². The van der Waals surface area contributed by atoms with Gasteiger partial charge in [-0.15, -0.1) is 0 Å². The molecule has 2 aromatic carbocycles. The standard InChI is InChI=1S/C23H26O/c1-16(13-17-9-7-6-8-10-17)18-11-12-19-20(14-18)23(4,5)21(24)15-22(19,2)3/h6-14H,15H2,1-5H3/b16-13+. The topological polar surface area (TPSA) is 17.1 Å². The molecule has 2 aromatic rings. The summed E-state index contributed by atoms with van der Waals surface area (Å²) in [4.78, 5) is 12.7. The lowest BCUT2D eigenvalue weighted by molar-refractivity contribution is -0.125. The number of fused-ring (bicyclic) bond motifs is 1. The van der Waals surface area contributed by atoms with Crippen LogP contribution >= 0.6 is 0 Å². The molecule has 0 N–H and O–H groups in total. The third-order valence-electron chi connectivity index (χ3n) is 5.36. The molecule has 1 aliphatic rings. The predicted molar refractivity (Wildman–Crippen MR) is 102 cm³/mol. The Labute approximate surface area is 145 Å². The molecule has 0 amide bonds. The molecule has 0 aromatic heterocycles. The summed E-state index contributed by atoms with van der Waals surface area (Å²) in [5.74, 6) is 0.335. The highest BCUT2D eigenvalue weighted by Gasteiger charge is 2.43. The van der Waals surface area contributed by atoms with Crippen LogP contribution in [0.1, 0.15) is 63.3 Å². The van der Waals surface area contributed by atoms with Gasteiger partial charge in [0.05, 0.1) is 0 Å². The first kappa shape index (κ1) is 16.7. The number of hydrogen-bond acceptors (Lipinski definition) is 1. The molecule has 1 aliphatic carbocycles. The minimum absolute atomic E-state index is 0.0858. The van der Waals surface area contributed by atoms with Crippen molar-refractivity contribution >= 4 is 17.4 Å². The van der Waals surface area contributed by atoms with Crippen LogP contribution in [0.4, 0.5) is 0 Å². The second-order valence-electron chi connectivity index (χ2n) is 8.11. The minimum atomic E-state index is -0.409. The van der Waals surface area contributed by atoms with Crippen LogP contribution < -0.4 is 0 Å². The lowest BCUT2D eigenvalue weighted by atomic mass is 9.62. The average molecular weight is 318 g/mol. The molecule has 0 atom stereocenters. The fourth-order valence-electron chi connectivity index (χ4n) is 3.65. The number of allylic oxidation sites excluding steroid dienone is 1. The Morgan fingerprint density at radius 2 is 1.62 bits per heavy atom. The minimum Gasteiger partial charge on any atom is -0.299 e. The summed E-state index contributed by atoms with van der Waals surface area (Å²) in [5.41, 5.74) is 5.60. The average Bonchev–Trinajstić information content (AvgIpc) is 2.53. The molecular weight excluding hydrogens is 292 g/mol. The van der Waals surface area contributed by atoms with Gasteiger partial charge in [-0.05, 0) is 54.0 Å². The van der Waals surface area contributed by atoms with E-state index in [9.17, 15) is 4.79 Å². The van der Waals surface area contributed by atoms with Crippen LogP contribution in [0, 0.1) is 0 Å². The first-order valence-electron chi connectivity index (χ1n) is 8.64. The first-order valence-corrected chi connectivity index (χ1v) is 8.64. The molecule has 0 aliphatic heterocycles. The molecule has 0 unspecified atom stereocenters. The van der Waals surface area contributed by atoms with E-state index >= 15 is 0 Å². The van der Waals surface area contributed by atoms with E-state index in [-0.39, 0.29) is 5.41 Å². The lowest BCUT2D eigenvalue weighted by Gasteiger charge is -2.40. The first-order chi connectivity index (χ1) is 11.2. The second-order valence-corrected chi connectivity index (χ2v) is 8.11. The largest absolute Gasteiger partial charge is 0.299 e. The zero-order valence-corrected chi connectivity index (χ0v) is 15.3. The van der Waals surface area contributed by atoms with E-state index in [1.807, 2.05) is 6.07 Å². The van der Waals surface area contributed by atoms with E-state index in [2.05, 4.69) is 83.2 Å². The summed E-state index contributed by atoms with van der Waals surface area (Å²) in [6.07, 6.45) is 2.82. The fourth-order valence-corrected chi connectivity index (χ4v) is 3.65. The van der Waals surface area contributed by atoms with Crippen LogP contribution in [0.5, 0.6) is 0 Å². The van der Waals surface area contributed by atoms with Crippen molar-refractivity contribution in [2.24, 2.45) is 0 Å². The molecular formula is C23H26O. The van der Waals surface area contributed by atoms with Gasteiger partial charge in [0.2, 0.25) is 0 Å². The maximum atomic E-state index is 12.7. The van der Waals surface area contributed by atoms with Gasteiger partial charge in [0, 0.05) is 11.8 Å². The number of carbonyl (C=O) groups is 1. The monoisotopic (exact) mass is 318 g/mol. The molecule has 3 rings (SSSR count). The summed E-state index contributed by atoms with van der Waals surface area (Å²) in [5, 5.41) is 0. The molecule has 24 heavy (non-hydrogen) atoms. The van der Waals surface area contributed by atoms with Crippen molar-refractivity contribution < 1.29 is 4.79 Å². The summed E-state index contributed by atoms with van der Waals surface area (Å²) in [7, 11) is 0. The van der Waals surface area contributed by atoms with E-state index < -0.39 is 5.41 Å². The fraction of sp³-hybridized carbons (Fsp3) is 0.348. The Morgan fingerprint density at radius 3 is 2.29 bits per heavy atom. The Balaban J connectivity index is 2.10. The summed E-state index contributed by atoms with van der Waals surface area (Å²) in [6.45, 7) is 10.6. The lowest BCUT2D eigenvalue weighted by Crippen LogP contribution is -2.42. The van der Waals surface area contributed by atoms with Crippen molar-refractivity contribution in [3.8, 4) is 0 Å². The van der Waals surface area contributed by atoms with E-state index in [4.69, 9.17) is 0 Å². The van der Waals surface area contributed by atoms with Crippen molar-refractivity contribution in [1.82, 2.24) is 0 Å². The number of carbonyl (C=O) groups excluding carboxylic acids is 1. The molecule has 1 nitrogen and oxygen atoms in total. The molecule has 124 valence electrons. The maximum Gasteiger partial charge on any atom is 0.143 e. The predicted octanol–water partition coefficient (Wildman–Crippen LogP) is 5.78. The Kier molecular flexibility index (Phi) is 3.99.